The van der Waals surface area contributed by atoms with E-state index in [9.17, 15) is 0 Å². The van der Waals surface area contributed by atoms with Crippen LogP contribution in [0.5, 0.6) is 5.75 Å². The predicted octanol–water partition coefficient (Wildman–Crippen LogP) is 2.91. The van der Waals surface area contributed by atoms with E-state index in [2.05, 4.69) is 18.8 Å². The molecule has 0 aliphatic carbocycles. The van der Waals surface area contributed by atoms with Crippen molar-refractivity contribution in [3.05, 3.63) is 30.3 Å². The van der Waals surface area contributed by atoms with Crippen molar-refractivity contribution in [2.75, 3.05) is 12.4 Å². The molecule has 3 nitrogen and oxygen atoms in total. The number of thioether (sulfide) groups is 1. The van der Waals surface area contributed by atoms with Crippen LogP contribution in [0.4, 0.5) is 0 Å². The number of hydrogen-bond donors (Lipinski definition) is 1. The molecule has 17 heavy (non-hydrogen) atoms. The molecule has 0 aromatic heterocycles. The van der Waals surface area contributed by atoms with Gasteiger partial charge in [0.05, 0.1) is 6.61 Å². The molecule has 94 valence electrons. The molecule has 0 saturated heterocycles. The van der Waals surface area contributed by atoms with Gasteiger partial charge in [-0.2, -0.15) is 0 Å². The number of rotatable bonds is 6. The summed E-state index contributed by atoms with van der Waals surface area (Å²) in [6.07, 6.45) is 1.02. The predicted molar refractivity (Wildman–Crippen MR) is 75.8 cm³/mol. The van der Waals surface area contributed by atoms with Crippen molar-refractivity contribution in [1.29, 1.82) is 0 Å². The third-order valence-corrected chi connectivity index (χ3v) is 3.06. The Morgan fingerprint density at radius 3 is 2.76 bits per heavy atom. The Balaban J connectivity index is 2.18. The van der Waals surface area contributed by atoms with Crippen LogP contribution in [0, 0.1) is 0 Å². The Morgan fingerprint density at radius 1 is 1.41 bits per heavy atom. The molecular weight excluding hydrogens is 232 g/mol. The maximum atomic E-state index is 5.79. The lowest BCUT2D eigenvalue weighted by molar-refractivity contribution is 0.344. The molecule has 2 N–H and O–H groups in total. The highest BCUT2D eigenvalue weighted by Gasteiger charge is 1.99. The third kappa shape index (κ3) is 6.22. The van der Waals surface area contributed by atoms with E-state index in [-0.39, 0.29) is 0 Å². The van der Waals surface area contributed by atoms with Gasteiger partial charge in [-0.05, 0) is 25.5 Å². The monoisotopic (exact) mass is 252 g/mol. The summed E-state index contributed by atoms with van der Waals surface area (Å²) >= 11 is 1.54. The second-order valence-corrected chi connectivity index (χ2v) is 4.85. The van der Waals surface area contributed by atoms with Crippen molar-refractivity contribution in [3.63, 3.8) is 0 Å². The molecule has 0 fully saturated rings. The van der Waals surface area contributed by atoms with Gasteiger partial charge in [-0.1, -0.05) is 36.9 Å². The van der Waals surface area contributed by atoms with Gasteiger partial charge in [-0.15, -0.1) is 0 Å². The average Bonchev–Trinajstić information content (AvgIpc) is 2.36. The van der Waals surface area contributed by atoms with Gasteiger partial charge in [0.25, 0.3) is 0 Å². The van der Waals surface area contributed by atoms with E-state index in [0.717, 1.165) is 17.9 Å². The molecule has 0 aliphatic rings. The van der Waals surface area contributed by atoms with Crippen molar-refractivity contribution in [3.8, 4) is 5.75 Å². The summed E-state index contributed by atoms with van der Waals surface area (Å²) in [7, 11) is 0. The largest absolute Gasteiger partial charge is 0.493 e. The van der Waals surface area contributed by atoms with E-state index in [0.29, 0.717) is 17.8 Å². The molecule has 0 saturated carbocycles. The molecule has 1 rings (SSSR count). The van der Waals surface area contributed by atoms with Crippen molar-refractivity contribution >= 4 is 16.9 Å². The Bertz CT molecular complexity index is 341. The molecule has 0 amide bonds. The Hall–Kier alpha value is -1.16. The summed E-state index contributed by atoms with van der Waals surface area (Å²) in [5, 5.41) is 0.649. The molecular formula is C13H20N2OS. The fourth-order valence-electron chi connectivity index (χ4n) is 1.17. The number of benzene rings is 1. The number of ether oxygens (including phenoxy) is 1. The molecule has 0 heterocycles. The van der Waals surface area contributed by atoms with Crippen LogP contribution < -0.4 is 10.5 Å². The first-order valence-corrected chi connectivity index (χ1v) is 6.85. The summed E-state index contributed by atoms with van der Waals surface area (Å²) in [5.74, 6) is 1.71. The summed E-state index contributed by atoms with van der Waals surface area (Å²) in [6, 6.07) is 10.1. The lowest BCUT2D eigenvalue weighted by Crippen LogP contribution is -2.13. The zero-order valence-corrected chi connectivity index (χ0v) is 11.2. The first kappa shape index (κ1) is 13.9. The van der Waals surface area contributed by atoms with Crippen LogP contribution in [0.1, 0.15) is 20.3 Å². The maximum absolute atomic E-state index is 5.79. The molecule has 0 spiro atoms. The maximum Gasteiger partial charge on any atom is 0.154 e. The molecule has 4 heteroatoms. The van der Waals surface area contributed by atoms with Crippen LogP contribution >= 0.6 is 11.8 Å². The zero-order valence-electron chi connectivity index (χ0n) is 10.4. The van der Waals surface area contributed by atoms with Crippen molar-refractivity contribution < 1.29 is 4.74 Å². The van der Waals surface area contributed by atoms with E-state index in [4.69, 9.17) is 10.5 Å². The Kier molecular flexibility index (Phi) is 6.55. The zero-order chi connectivity index (χ0) is 12.5. The standard InChI is InChI=1S/C13H20N2OS/c1-3-11(2)15-13(14)17-10-9-16-12-7-5-4-6-8-12/h4-8,11H,3,9-10H2,1-2H3,(H2,14,15)/t11-/m1/s1. The first-order valence-electron chi connectivity index (χ1n) is 5.86. The molecule has 0 radical (unpaired) electrons. The van der Waals surface area contributed by atoms with Gasteiger partial charge < -0.3 is 10.5 Å². The second kappa shape index (κ2) is 8.01. The molecule has 1 aromatic carbocycles. The van der Waals surface area contributed by atoms with Crippen LogP contribution in [0.3, 0.4) is 0 Å². The van der Waals surface area contributed by atoms with Gasteiger partial charge in [0.2, 0.25) is 0 Å². The number of hydrogen-bond acceptors (Lipinski definition) is 3. The van der Waals surface area contributed by atoms with Gasteiger partial charge in [0, 0.05) is 11.8 Å². The minimum absolute atomic E-state index is 0.303. The van der Waals surface area contributed by atoms with E-state index in [1.54, 1.807) is 11.8 Å². The van der Waals surface area contributed by atoms with Gasteiger partial charge in [-0.3, -0.25) is 4.99 Å². The van der Waals surface area contributed by atoms with Crippen LogP contribution in [-0.2, 0) is 0 Å². The SMILES string of the molecule is CC[C@@H](C)N=C(N)SCCOc1ccccc1. The average molecular weight is 252 g/mol. The molecule has 1 atom stereocenters. The Labute approximate surface area is 107 Å². The quantitative estimate of drug-likeness (QED) is 0.481. The highest BCUT2D eigenvalue weighted by atomic mass is 32.2. The van der Waals surface area contributed by atoms with E-state index in [1.165, 1.54) is 0 Å². The minimum atomic E-state index is 0.303. The van der Waals surface area contributed by atoms with E-state index < -0.39 is 0 Å². The van der Waals surface area contributed by atoms with Crippen LogP contribution in [-0.4, -0.2) is 23.6 Å². The van der Waals surface area contributed by atoms with E-state index in [1.807, 2.05) is 30.3 Å². The highest BCUT2D eigenvalue weighted by Crippen LogP contribution is 2.09. The third-order valence-electron chi connectivity index (χ3n) is 2.28. The van der Waals surface area contributed by atoms with Gasteiger partial charge in [0.1, 0.15) is 5.75 Å². The lowest BCUT2D eigenvalue weighted by atomic mass is 10.3. The topological polar surface area (TPSA) is 47.6 Å². The molecule has 1 aromatic rings. The van der Waals surface area contributed by atoms with Gasteiger partial charge in [0.15, 0.2) is 5.17 Å². The lowest BCUT2D eigenvalue weighted by Gasteiger charge is -2.06. The van der Waals surface area contributed by atoms with Gasteiger partial charge >= 0.3 is 0 Å². The van der Waals surface area contributed by atoms with Gasteiger partial charge in [-0.25, -0.2) is 0 Å². The second-order valence-electron chi connectivity index (χ2n) is 3.73. The summed E-state index contributed by atoms with van der Waals surface area (Å²) < 4.78 is 5.56. The Morgan fingerprint density at radius 2 is 2.12 bits per heavy atom. The molecule has 0 aliphatic heterocycles. The minimum Gasteiger partial charge on any atom is -0.493 e. The van der Waals surface area contributed by atoms with Crippen molar-refractivity contribution in [2.24, 2.45) is 10.7 Å². The summed E-state index contributed by atoms with van der Waals surface area (Å²) in [5.41, 5.74) is 5.79. The van der Waals surface area contributed by atoms with E-state index >= 15 is 0 Å². The van der Waals surface area contributed by atoms with Crippen molar-refractivity contribution in [1.82, 2.24) is 0 Å². The summed E-state index contributed by atoms with van der Waals surface area (Å²) in [4.78, 5) is 4.34. The van der Waals surface area contributed by atoms with Crippen LogP contribution in [0.2, 0.25) is 0 Å². The number of para-hydroxylation sites is 1. The van der Waals surface area contributed by atoms with Crippen LogP contribution in [0.15, 0.2) is 35.3 Å². The fraction of sp³-hybridized carbons (Fsp3) is 0.462. The van der Waals surface area contributed by atoms with Crippen molar-refractivity contribution in [2.45, 2.75) is 26.3 Å². The number of amidine groups is 1. The molecule has 0 unspecified atom stereocenters. The number of nitrogens with zero attached hydrogens (tertiary/aromatic N) is 1. The number of aliphatic imine (C=N–C) groups is 1. The summed E-state index contributed by atoms with van der Waals surface area (Å²) in [6.45, 7) is 4.81. The normalized spacial score (nSPS) is 13.4. The van der Waals surface area contributed by atoms with Crippen LogP contribution in [0.25, 0.3) is 0 Å². The highest BCUT2D eigenvalue weighted by molar-refractivity contribution is 8.13. The fourth-order valence-corrected chi connectivity index (χ4v) is 1.80. The molecule has 0 bridgehead atoms. The smallest absolute Gasteiger partial charge is 0.154 e. The number of nitrogens with two attached hydrogens (primary N) is 1. The first-order chi connectivity index (χ1) is 8.22.